The van der Waals surface area contributed by atoms with Crippen molar-refractivity contribution in [3.8, 4) is 23.3 Å². The molecular formula is C24H17N5O2S2. The number of anilines is 1. The predicted octanol–water partition coefficient (Wildman–Crippen LogP) is 5.17. The fraction of sp³-hybridized carbons (Fsp3) is 0.0833. The molecule has 1 aliphatic rings. The summed E-state index contributed by atoms with van der Waals surface area (Å²) in [6.07, 6.45) is 1.58. The van der Waals surface area contributed by atoms with E-state index in [9.17, 15) is 10.1 Å². The molecule has 33 heavy (non-hydrogen) atoms. The first-order chi connectivity index (χ1) is 16.2. The number of Topliss-reactive ketones (excluding diaryl/α,β-unsaturated/α-hetero) is 1. The second-order valence-electron chi connectivity index (χ2n) is 7.09. The Kier molecular flexibility index (Phi) is 5.77. The summed E-state index contributed by atoms with van der Waals surface area (Å²) in [6, 6.07) is 23.2. The Bertz CT molecular complexity index is 1390. The molecule has 0 N–H and O–H groups in total. The zero-order chi connectivity index (χ0) is 22.8. The molecule has 0 atom stereocenters. The Morgan fingerprint density at radius 3 is 2.61 bits per heavy atom. The number of para-hydroxylation sites is 2. The van der Waals surface area contributed by atoms with Gasteiger partial charge in [-0.1, -0.05) is 53.9 Å². The molecule has 0 unspecified atom stereocenters. The van der Waals surface area contributed by atoms with Crippen LogP contribution in [0.15, 0.2) is 98.1 Å². The predicted molar refractivity (Wildman–Crippen MR) is 128 cm³/mol. The molecule has 2 aromatic carbocycles. The van der Waals surface area contributed by atoms with Crippen molar-refractivity contribution in [3.63, 3.8) is 0 Å². The van der Waals surface area contributed by atoms with Gasteiger partial charge in [0.2, 0.25) is 5.82 Å². The molecule has 0 fully saturated rings. The van der Waals surface area contributed by atoms with Gasteiger partial charge in [-0.3, -0.25) is 9.36 Å². The van der Waals surface area contributed by atoms with Crippen molar-refractivity contribution < 1.29 is 9.21 Å². The quantitative estimate of drug-likeness (QED) is 0.216. The highest BCUT2D eigenvalue weighted by atomic mass is 32.2. The lowest BCUT2D eigenvalue weighted by atomic mass is 10.2. The van der Waals surface area contributed by atoms with Crippen molar-refractivity contribution in [2.45, 2.75) is 10.1 Å². The van der Waals surface area contributed by atoms with Crippen LogP contribution >= 0.6 is 23.5 Å². The number of thioether (sulfide) groups is 2. The third kappa shape index (κ3) is 3.95. The number of aromatic nitrogens is 3. The third-order valence-corrected chi connectivity index (χ3v) is 7.23. The molecular weight excluding hydrogens is 454 g/mol. The Morgan fingerprint density at radius 2 is 1.88 bits per heavy atom. The third-order valence-electron chi connectivity index (χ3n) is 5.06. The van der Waals surface area contributed by atoms with Crippen LogP contribution in [0.25, 0.3) is 17.3 Å². The molecule has 1 aliphatic heterocycles. The number of fused-ring (bicyclic) bond motifs is 1. The Morgan fingerprint density at radius 1 is 1.09 bits per heavy atom. The number of nitriles is 1. The van der Waals surface area contributed by atoms with Gasteiger partial charge in [-0.05, 0) is 36.4 Å². The van der Waals surface area contributed by atoms with Crippen molar-refractivity contribution in [2.75, 3.05) is 17.7 Å². The summed E-state index contributed by atoms with van der Waals surface area (Å²) in [6.45, 7) is 0. The largest absolute Gasteiger partial charge is 0.461 e. The van der Waals surface area contributed by atoms with E-state index in [0.29, 0.717) is 21.8 Å². The van der Waals surface area contributed by atoms with Gasteiger partial charge in [-0.15, -0.1) is 10.2 Å². The van der Waals surface area contributed by atoms with Crippen molar-refractivity contribution in [3.05, 3.63) is 83.6 Å². The number of hydrogen-bond acceptors (Lipinski definition) is 8. The van der Waals surface area contributed by atoms with Crippen molar-refractivity contribution >= 4 is 35.0 Å². The Hall–Kier alpha value is -3.74. The monoisotopic (exact) mass is 471 g/mol. The lowest BCUT2D eigenvalue weighted by Gasteiger charge is -2.14. The van der Waals surface area contributed by atoms with Crippen LogP contribution in [-0.4, -0.2) is 33.3 Å². The van der Waals surface area contributed by atoms with E-state index in [1.165, 1.54) is 23.5 Å². The van der Waals surface area contributed by atoms with Gasteiger partial charge in [0.05, 0.1) is 17.7 Å². The maximum atomic E-state index is 13.1. The second kappa shape index (κ2) is 9.02. The summed E-state index contributed by atoms with van der Waals surface area (Å²) in [5, 5.41) is 19.6. The van der Waals surface area contributed by atoms with Crippen LogP contribution in [0.2, 0.25) is 0 Å². The van der Waals surface area contributed by atoms with Gasteiger partial charge in [0.15, 0.2) is 16.7 Å². The number of benzene rings is 2. The number of allylic oxidation sites excluding steroid dienone is 1. The van der Waals surface area contributed by atoms with E-state index in [1.807, 2.05) is 77.2 Å². The maximum absolute atomic E-state index is 13.1. The molecule has 0 saturated carbocycles. The molecule has 4 aromatic rings. The molecule has 0 aliphatic carbocycles. The number of nitrogens with zero attached hydrogens (tertiary/aromatic N) is 5. The molecule has 9 heteroatoms. The highest BCUT2D eigenvalue weighted by Gasteiger charge is 2.28. The molecule has 5 rings (SSSR count). The number of carbonyl (C=O) groups is 1. The van der Waals surface area contributed by atoms with Crippen LogP contribution < -0.4 is 4.90 Å². The minimum Gasteiger partial charge on any atom is -0.461 e. The fourth-order valence-corrected chi connectivity index (χ4v) is 5.48. The second-order valence-corrected chi connectivity index (χ2v) is 9.06. The number of furan rings is 1. The van der Waals surface area contributed by atoms with Crippen molar-refractivity contribution in [1.82, 2.24) is 14.8 Å². The lowest BCUT2D eigenvalue weighted by molar-refractivity contribution is -0.112. The molecule has 0 bridgehead atoms. The summed E-state index contributed by atoms with van der Waals surface area (Å²) in [5.41, 5.74) is 1.98. The number of carbonyl (C=O) groups excluding carboxylic acids is 1. The van der Waals surface area contributed by atoms with Crippen LogP contribution in [0.5, 0.6) is 0 Å². The van der Waals surface area contributed by atoms with Gasteiger partial charge in [-0.25, -0.2) is 0 Å². The van der Waals surface area contributed by atoms with E-state index in [4.69, 9.17) is 4.42 Å². The van der Waals surface area contributed by atoms with Gasteiger partial charge >= 0.3 is 0 Å². The van der Waals surface area contributed by atoms with Gasteiger partial charge in [0, 0.05) is 17.6 Å². The molecule has 162 valence electrons. The first-order valence-electron chi connectivity index (χ1n) is 10.0. The fourth-order valence-electron chi connectivity index (χ4n) is 3.49. The zero-order valence-electron chi connectivity index (χ0n) is 17.5. The van der Waals surface area contributed by atoms with Crippen molar-refractivity contribution in [2.24, 2.45) is 0 Å². The van der Waals surface area contributed by atoms with Gasteiger partial charge in [-0.2, -0.15) is 5.26 Å². The van der Waals surface area contributed by atoms with Crippen LogP contribution in [0, 0.1) is 11.3 Å². The van der Waals surface area contributed by atoms with Gasteiger partial charge in [0.25, 0.3) is 0 Å². The van der Waals surface area contributed by atoms with Gasteiger partial charge in [0.1, 0.15) is 16.7 Å². The minimum absolute atomic E-state index is 0.0558. The van der Waals surface area contributed by atoms with Gasteiger partial charge < -0.3 is 9.32 Å². The summed E-state index contributed by atoms with van der Waals surface area (Å²) in [7, 11) is 1.87. The SMILES string of the molecule is CN1C(=C(C#N)C(=O)CSc2nnc(-c3ccco3)n2-c2ccccc2)Sc2ccccc21. The average Bonchev–Trinajstić information content (AvgIpc) is 3.58. The number of ketones is 1. The molecule has 3 heterocycles. The lowest BCUT2D eigenvalue weighted by Crippen LogP contribution is -2.16. The first kappa shape index (κ1) is 21.1. The van der Waals surface area contributed by atoms with E-state index in [2.05, 4.69) is 16.3 Å². The molecule has 0 radical (unpaired) electrons. The van der Waals surface area contributed by atoms with Crippen LogP contribution in [0.1, 0.15) is 0 Å². The first-order valence-corrected chi connectivity index (χ1v) is 11.8. The highest BCUT2D eigenvalue weighted by Crippen LogP contribution is 2.46. The molecule has 0 amide bonds. The topological polar surface area (TPSA) is 87.9 Å². The molecule has 7 nitrogen and oxygen atoms in total. The number of rotatable bonds is 6. The molecule has 0 saturated heterocycles. The average molecular weight is 472 g/mol. The van der Waals surface area contributed by atoms with E-state index < -0.39 is 0 Å². The van der Waals surface area contributed by atoms with Crippen LogP contribution in [-0.2, 0) is 4.79 Å². The number of hydrogen-bond donors (Lipinski definition) is 0. The maximum Gasteiger partial charge on any atom is 0.205 e. The normalized spacial score (nSPS) is 14.1. The minimum atomic E-state index is -0.258. The van der Waals surface area contributed by atoms with Crippen molar-refractivity contribution in [1.29, 1.82) is 5.26 Å². The summed E-state index contributed by atoms with van der Waals surface area (Å²) in [4.78, 5) is 16.0. The summed E-state index contributed by atoms with van der Waals surface area (Å²) in [5.74, 6) is 0.916. The van der Waals surface area contributed by atoms with Crippen LogP contribution in [0.3, 0.4) is 0 Å². The summed E-state index contributed by atoms with van der Waals surface area (Å²) >= 11 is 2.68. The van der Waals surface area contributed by atoms with E-state index in [0.717, 1.165) is 16.3 Å². The smallest absolute Gasteiger partial charge is 0.205 e. The van der Waals surface area contributed by atoms with E-state index in [-0.39, 0.29) is 17.1 Å². The molecule has 2 aromatic heterocycles. The van der Waals surface area contributed by atoms with E-state index in [1.54, 1.807) is 12.3 Å². The molecule has 0 spiro atoms. The Labute approximate surface area is 198 Å². The standard InChI is InChI=1S/C24H17N5O2S2/c1-28-18-10-5-6-12-21(18)33-23(28)17(14-25)19(30)15-32-24-27-26-22(20-11-7-13-31-20)29(24)16-8-3-2-4-9-16/h2-13H,15H2,1H3. The highest BCUT2D eigenvalue weighted by molar-refractivity contribution is 8.03. The summed E-state index contributed by atoms with van der Waals surface area (Å²) < 4.78 is 7.38. The zero-order valence-corrected chi connectivity index (χ0v) is 19.1. The van der Waals surface area contributed by atoms with Crippen LogP contribution in [0.4, 0.5) is 5.69 Å². The Balaban J connectivity index is 1.43. The van der Waals surface area contributed by atoms with E-state index >= 15 is 0 Å².